The van der Waals surface area contributed by atoms with Gasteiger partial charge >= 0.3 is 6.09 Å². The second kappa shape index (κ2) is 6.44. The molecule has 0 radical (unpaired) electrons. The summed E-state index contributed by atoms with van der Waals surface area (Å²) in [6.45, 7) is 0. The number of ether oxygens (including phenoxy) is 2. The lowest BCUT2D eigenvalue weighted by Crippen LogP contribution is -2.16. The molecule has 0 saturated heterocycles. The monoisotopic (exact) mass is 317 g/mol. The lowest BCUT2D eigenvalue weighted by molar-refractivity contribution is 0.102. The molecule has 1 aromatic carbocycles. The Morgan fingerprint density at radius 1 is 1.19 bits per heavy atom. The number of rotatable bonds is 6. The van der Waals surface area contributed by atoms with Gasteiger partial charge in [-0.3, -0.25) is 10.1 Å². The van der Waals surface area contributed by atoms with Crippen LogP contribution >= 0.6 is 0 Å². The number of ketones is 1. The van der Waals surface area contributed by atoms with Crippen LogP contribution in [0.15, 0.2) is 12.1 Å². The van der Waals surface area contributed by atoms with Crippen molar-refractivity contribution in [2.24, 2.45) is 0 Å². The Morgan fingerprint density at radius 3 is 2.00 bits per heavy atom. The first kappa shape index (κ1) is 16.8. The molecule has 1 aromatic rings. The number of hydrogen-bond donors (Lipinski definition) is 2. The van der Waals surface area contributed by atoms with Crippen LogP contribution in [0.3, 0.4) is 0 Å². The number of benzene rings is 1. The number of nitrogens with one attached hydrogen (secondary N) is 1. The highest BCUT2D eigenvalue weighted by atomic mass is 32.2. The zero-order chi connectivity index (χ0) is 16.2. The van der Waals surface area contributed by atoms with Crippen LogP contribution in [0.1, 0.15) is 10.4 Å². The number of carbonyl (C=O) groups excluding carboxylic acids is 1. The van der Waals surface area contributed by atoms with Crippen molar-refractivity contribution in [3.05, 3.63) is 17.7 Å². The number of sulfone groups is 1. The van der Waals surface area contributed by atoms with Gasteiger partial charge in [-0.25, -0.2) is 13.2 Å². The maximum Gasteiger partial charge on any atom is 0.409 e. The summed E-state index contributed by atoms with van der Waals surface area (Å²) in [6.07, 6.45) is -0.387. The Labute approximate surface area is 121 Å². The Bertz CT molecular complexity index is 641. The lowest BCUT2D eigenvalue weighted by atomic mass is 10.1. The number of Topliss-reactive ketones (excluding diaryl/α,β-unsaturated/α-hetero) is 1. The molecule has 8 nitrogen and oxygen atoms in total. The number of anilines is 1. The fourth-order valence-electron chi connectivity index (χ4n) is 1.62. The average Bonchev–Trinajstić information content (AvgIpc) is 2.36. The van der Waals surface area contributed by atoms with E-state index in [1.807, 2.05) is 0 Å². The van der Waals surface area contributed by atoms with Gasteiger partial charge < -0.3 is 14.6 Å². The van der Waals surface area contributed by atoms with E-state index >= 15 is 0 Å². The minimum Gasteiger partial charge on any atom is -0.494 e. The van der Waals surface area contributed by atoms with Crippen LogP contribution in [0.5, 0.6) is 11.5 Å². The van der Waals surface area contributed by atoms with E-state index in [2.05, 4.69) is 5.32 Å². The van der Waals surface area contributed by atoms with E-state index in [-0.39, 0.29) is 22.7 Å². The summed E-state index contributed by atoms with van der Waals surface area (Å²) in [5.41, 5.74) is 0.0773. The molecule has 1 amide bonds. The molecule has 0 aliphatic rings. The summed E-state index contributed by atoms with van der Waals surface area (Å²) < 4.78 is 32.3. The highest BCUT2D eigenvalue weighted by molar-refractivity contribution is 7.91. The van der Waals surface area contributed by atoms with E-state index < -0.39 is 27.5 Å². The maximum atomic E-state index is 11.9. The molecule has 116 valence electrons. The minimum absolute atomic E-state index is 0.0309. The minimum atomic E-state index is -3.48. The molecule has 0 aliphatic carbocycles. The third-order valence-corrected chi connectivity index (χ3v) is 3.24. The summed E-state index contributed by atoms with van der Waals surface area (Å²) in [5, 5.41) is 10.9. The first-order valence-corrected chi connectivity index (χ1v) is 7.71. The quantitative estimate of drug-likeness (QED) is 0.752. The summed E-state index contributed by atoms with van der Waals surface area (Å²) in [4.78, 5) is 22.6. The highest BCUT2D eigenvalue weighted by Crippen LogP contribution is 2.36. The second-order valence-electron chi connectivity index (χ2n) is 4.18. The summed E-state index contributed by atoms with van der Waals surface area (Å²) in [5.74, 6) is -1.21. The molecular weight excluding hydrogens is 302 g/mol. The number of carbonyl (C=O) groups is 2. The Hall–Kier alpha value is -2.29. The predicted molar refractivity (Wildman–Crippen MR) is 75.2 cm³/mol. The second-order valence-corrected chi connectivity index (χ2v) is 6.32. The molecule has 0 aliphatic heterocycles. The Balaban J connectivity index is 3.32. The fraction of sp³-hybridized carbons (Fsp3) is 0.333. The zero-order valence-electron chi connectivity index (χ0n) is 11.7. The number of methoxy groups -OCH3 is 2. The van der Waals surface area contributed by atoms with Crippen molar-refractivity contribution in [1.29, 1.82) is 0 Å². The molecule has 0 aromatic heterocycles. The standard InChI is InChI=1S/C12H15NO7S/c1-19-9-4-7(8(14)6-21(3,17)18)5-10(20-2)11(9)13-12(15)16/h4-5,13H,6H2,1-3H3,(H,15,16). The van der Waals surface area contributed by atoms with Crippen molar-refractivity contribution < 1.29 is 32.6 Å². The van der Waals surface area contributed by atoms with E-state index in [1.165, 1.54) is 26.4 Å². The van der Waals surface area contributed by atoms with Gasteiger partial charge in [-0.1, -0.05) is 0 Å². The summed E-state index contributed by atoms with van der Waals surface area (Å²) in [7, 11) is -0.912. The molecular formula is C12H15NO7S. The van der Waals surface area contributed by atoms with E-state index in [1.54, 1.807) is 0 Å². The van der Waals surface area contributed by atoms with Crippen molar-refractivity contribution in [3.8, 4) is 11.5 Å². The van der Waals surface area contributed by atoms with Gasteiger partial charge in [-0.2, -0.15) is 0 Å². The Morgan fingerprint density at radius 2 is 1.67 bits per heavy atom. The predicted octanol–water partition coefficient (Wildman–Crippen LogP) is 1.02. The molecule has 1 rings (SSSR count). The van der Waals surface area contributed by atoms with Crippen molar-refractivity contribution in [2.45, 2.75) is 0 Å². The molecule has 0 atom stereocenters. The molecule has 0 unspecified atom stereocenters. The smallest absolute Gasteiger partial charge is 0.409 e. The SMILES string of the molecule is COc1cc(C(=O)CS(C)(=O)=O)cc(OC)c1NC(=O)O. The fourth-order valence-corrected chi connectivity index (χ4v) is 2.27. The van der Waals surface area contributed by atoms with E-state index in [0.717, 1.165) is 6.26 Å². The van der Waals surface area contributed by atoms with Crippen LogP contribution in [-0.2, 0) is 9.84 Å². The van der Waals surface area contributed by atoms with Gasteiger partial charge in [0.2, 0.25) is 0 Å². The summed E-state index contributed by atoms with van der Waals surface area (Å²) in [6, 6.07) is 2.50. The largest absolute Gasteiger partial charge is 0.494 e. The van der Waals surface area contributed by atoms with Crippen LogP contribution < -0.4 is 14.8 Å². The third kappa shape index (κ3) is 4.63. The van der Waals surface area contributed by atoms with Crippen LogP contribution in [-0.4, -0.2) is 51.6 Å². The average molecular weight is 317 g/mol. The topological polar surface area (TPSA) is 119 Å². The van der Waals surface area contributed by atoms with E-state index in [4.69, 9.17) is 14.6 Å². The molecule has 2 N–H and O–H groups in total. The van der Waals surface area contributed by atoms with Gasteiger partial charge in [0.15, 0.2) is 15.6 Å². The van der Waals surface area contributed by atoms with Gasteiger partial charge in [0, 0.05) is 11.8 Å². The highest BCUT2D eigenvalue weighted by Gasteiger charge is 2.20. The van der Waals surface area contributed by atoms with Crippen LogP contribution in [0.4, 0.5) is 10.5 Å². The first-order valence-electron chi connectivity index (χ1n) is 5.65. The number of amides is 1. The van der Waals surface area contributed by atoms with Gasteiger partial charge in [0.1, 0.15) is 22.9 Å². The number of carboxylic acid groups (broad SMARTS) is 1. The number of hydrogen-bond acceptors (Lipinski definition) is 6. The molecule has 0 heterocycles. The van der Waals surface area contributed by atoms with E-state index in [0.29, 0.717) is 0 Å². The molecule has 0 spiro atoms. The maximum absolute atomic E-state index is 11.9. The van der Waals surface area contributed by atoms with Gasteiger partial charge in [-0.15, -0.1) is 0 Å². The van der Waals surface area contributed by atoms with Gasteiger partial charge in [0.25, 0.3) is 0 Å². The molecule has 0 fully saturated rings. The lowest BCUT2D eigenvalue weighted by Gasteiger charge is -2.14. The molecule has 21 heavy (non-hydrogen) atoms. The van der Waals surface area contributed by atoms with Crippen LogP contribution in [0.25, 0.3) is 0 Å². The summed E-state index contributed by atoms with van der Waals surface area (Å²) >= 11 is 0. The molecule has 0 bridgehead atoms. The van der Waals surface area contributed by atoms with Crippen molar-refractivity contribution in [2.75, 3.05) is 31.5 Å². The van der Waals surface area contributed by atoms with Crippen molar-refractivity contribution in [1.82, 2.24) is 0 Å². The van der Waals surface area contributed by atoms with Crippen molar-refractivity contribution >= 4 is 27.4 Å². The van der Waals surface area contributed by atoms with Gasteiger partial charge in [0.05, 0.1) is 14.2 Å². The zero-order valence-corrected chi connectivity index (χ0v) is 12.5. The Kier molecular flexibility index (Phi) is 5.14. The van der Waals surface area contributed by atoms with Crippen LogP contribution in [0.2, 0.25) is 0 Å². The van der Waals surface area contributed by atoms with Gasteiger partial charge in [-0.05, 0) is 12.1 Å². The third-order valence-electron chi connectivity index (χ3n) is 2.45. The molecule has 0 saturated carbocycles. The van der Waals surface area contributed by atoms with Crippen molar-refractivity contribution in [3.63, 3.8) is 0 Å². The van der Waals surface area contributed by atoms with E-state index in [9.17, 15) is 18.0 Å². The normalized spacial score (nSPS) is 10.8. The first-order chi connectivity index (χ1) is 9.67. The molecule has 9 heteroatoms. The van der Waals surface area contributed by atoms with Crippen LogP contribution in [0, 0.1) is 0 Å².